The molecule has 4 heteroatoms. The van der Waals surface area contributed by atoms with Gasteiger partial charge in [-0.2, -0.15) is 0 Å². The first-order valence-electron chi connectivity index (χ1n) is 6.29. The zero-order valence-corrected chi connectivity index (χ0v) is 11.8. The number of halogens is 1. The van der Waals surface area contributed by atoms with Gasteiger partial charge in [0, 0.05) is 11.8 Å². The number of aromatic nitrogens is 1. The van der Waals surface area contributed by atoms with Gasteiger partial charge in [-0.25, -0.2) is 4.98 Å². The summed E-state index contributed by atoms with van der Waals surface area (Å²) < 4.78 is 5.63. The molecular formula is C15H17ClN2O. The van der Waals surface area contributed by atoms with Gasteiger partial charge in [-0.3, -0.25) is 0 Å². The highest BCUT2D eigenvalue weighted by Gasteiger charge is 2.05. The van der Waals surface area contributed by atoms with Crippen LogP contribution in [0.1, 0.15) is 31.7 Å². The van der Waals surface area contributed by atoms with Crippen LogP contribution in [0.4, 0.5) is 5.69 Å². The lowest BCUT2D eigenvalue weighted by Gasteiger charge is -2.10. The molecule has 1 aromatic heterocycles. The third-order valence-electron chi connectivity index (χ3n) is 3.08. The maximum atomic E-state index is 5.83. The van der Waals surface area contributed by atoms with Crippen molar-refractivity contribution in [1.29, 1.82) is 0 Å². The summed E-state index contributed by atoms with van der Waals surface area (Å²) in [6.45, 7) is 4.38. The third kappa shape index (κ3) is 3.61. The maximum absolute atomic E-state index is 5.83. The lowest BCUT2D eigenvalue weighted by molar-refractivity contribution is 0.463. The molecule has 0 aliphatic heterocycles. The summed E-state index contributed by atoms with van der Waals surface area (Å²) in [5, 5.41) is 0.325. The highest BCUT2D eigenvalue weighted by atomic mass is 35.5. The van der Waals surface area contributed by atoms with Crippen LogP contribution >= 0.6 is 11.6 Å². The second kappa shape index (κ2) is 5.93. The van der Waals surface area contributed by atoms with E-state index in [0.717, 1.165) is 12.2 Å². The second-order valence-corrected chi connectivity index (χ2v) is 4.93. The molecule has 2 N–H and O–H groups in total. The van der Waals surface area contributed by atoms with Crippen molar-refractivity contribution in [3.8, 4) is 11.6 Å². The van der Waals surface area contributed by atoms with Gasteiger partial charge < -0.3 is 10.5 Å². The number of pyridine rings is 1. The normalized spacial score (nSPS) is 12.2. The summed E-state index contributed by atoms with van der Waals surface area (Å²) in [6.07, 6.45) is 1.12. The van der Waals surface area contributed by atoms with Crippen molar-refractivity contribution < 1.29 is 4.74 Å². The summed E-state index contributed by atoms with van der Waals surface area (Å²) in [5.41, 5.74) is 7.52. The van der Waals surface area contributed by atoms with Crippen LogP contribution < -0.4 is 10.5 Å². The topological polar surface area (TPSA) is 48.1 Å². The van der Waals surface area contributed by atoms with Crippen molar-refractivity contribution in [3.05, 3.63) is 47.1 Å². The minimum Gasteiger partial charge on any atom is -0.439 e. The monoisotopic (exact) mass is 276 g/mol. The first-order valence-corrected chi connectivity index (χ1v) is 6.67. The van der Waals surface area contributed by atoms with E-state index in [1.165, 1.54) is 5.56 Å². The Morgan fingerprint density at radius 2 is 1.95 bits per heavy atom. The number of benzene rings is 1. The number of nitrogens with zero attached hydrogens (tertiary/aromatic N) is 1. The molecule has 0 saturated heterocycles. The van der Waals surface area contributed by atoms with Gasteiger partial charge in [0.2, 0.25) is 5.88 Å². The molecule has 1 heterocycles. The number of anilines is 1. The van der Waals surface area contributed by atoms with Crippen LogP contribution in [-0.4, -0.2) is 4.98 Å². The number of hydrogen-bond acceptors (Lipinski definition) is 3. The Labute approximate surface area is 118 Å². The van der Waals surface area contributed by atoms with E-state index in [0.29, 0.717) is 22.6 Å². The van der Waals surface area contributed by atoms with Crippen molar-refractivity contribution in [2.75, 3.05) is 5.73 Å². The average Bonchev–Trinajstić information content (AvgIpc) is 2.37. The zero-order valence-electron chi connectivity index (χ0n) is 11.1. The molecule has 1 unspecified atom stereocenters. The lowest BCUT2D eigenvalue weighted by atomic mass is 9.99. The maximum Gasteiger partial charge on any atom is 0.222 e. The van der Waals surface area contributed by atoms with Gasteiger partial charge in [0.05, 0.1) is 0 Å². The van der Waals surface area contributed by atoms with Crippen molar-refractivity contribution in [2.45, 2.75) is 26.2 Å². The quantitative estimate of drug-likeness (QED) is 0.829. The number of nitrogens with two attached hydrogens (primary N) is 1. The Balaban J connectivity index is 2.15. The average molecular weight is 277 g/mol. The molecular weight excluding hydrogens is 260 g/mol. The molecule has 2 aromatic rings. The van der Waals surface area contributed by atoms with E-state index in [4.69, 9.17) is 22.1 Å². The highest BCUT2D eigenvalue weighted by molar-refractivity contribution is 6.29. The Kier molecular flexibility index (Phi) is 4.27. The lowest BCUT2D eigenvalue weighted by Crippen LogP contribution is -1.93. The van der Waals surface area contributed by atoms with E-state index in [9.17, 15) is 0 Å². The Hall–Kier alpha value is -1.74. The molecule has 1 atom stereocenters. The van der Waals surface area contributed by atoms with Gasteiger partial charge in [-0.05, 0) is 36.1 Å². The summed E-state index contributed by atoms with van der Waals surface area (Å²) in [6, 6.07) is 11.2. The van der Waals surface area contributed by atoms with Crippen molar-refractivity contribution in [1.82, 2.24) is 4.98 Å². The van der Waals surface area contributed by atoms with Crippen LogP contribution in [0.5, 0.6) is 11.6 Å². The van der Waals surface area contributed by atoms with Gasteiger partial charge in [0.1, 0.15) is 10.9 Å². The number of hydrogen-bond donors (Lipinski definition) is 1. The SMILES string of the molecule is CCC(C)c1ccc(Oc2cc(N)cc(Cl)n2)cc1. The van der Waals surface area contributed by atoms with Gasteiger partial charge in [-0.1, -0.05) is 37.6 Å². The van der Waals surface area contributed by atoms with E-state index in [1.807, 2.05) is 12.1 Å². The van der Waals surface area contributed by atoms with Crippen LogP contribution in [0.15, 0.2) is 36.4 Å². The van der Waals surface area contributed by atoms with E-state index < -0.39 is 0 Å². The van der Waals surface area contributed by atoms with Crippen molar-refractivity contribution in [3.63, 3.8) is 0 Å². The molecule has 0 spiro atoms. The summed E-state index contributed by atoms with van der Waals surface area (Å²) >= 11 is 5.83. The molecule has 19 heavy (non-hydrogen) atoms. The standard InChI is InChI=1S/C15H17ClN2O/c1-3-10(2)11-4-6-13(7-5-11)19-15-9-12(17)8-14(16)18-15/h4-10H,3H2,1-2H3,(H2,17,18). The number of ether oxygens (including phenoxy) is 1. The molecule has 3 nitrogen and oxygen atoms in total. The smallest absolute Gasteiger partial charge is 0.222 e. The van der Waals surface area contributed by atoms with Gasteiger partial charge in [0.15, 0.2) is 0 Å². The first-order chi connectivity index (χ1) is 9.08. The number of rotatable bonds is 4. The molecule has 0 amide bonds. The first kappa shape index (κ1) is 13.7. The van der Waals surface area contributed by atoms with E-state index in [2.05, 4.69) is 31.0 Å². The van der Waals surface area contributed by atoms with Crippen molar-refractivity contribution in [2.24, 2.45) is 0 Å². The largest absolute Gasteiger partial charge is 0.439 e. The Morgan fingerprint density at radius 1 is 1.26 bits per heavy atom. The van der Waals surface area contributed by atoms with Gasteiger partial charge in [0.25, 0.3) is 0 Å². The van der Waals surface area contributed by atoms with Crippen LogP contribution in [0.3, 0.4) is 0 Å². The molecule has 0 fully saturated rings. The molecule has 100 valence electrons. The summed E-state index contributed by atoms with van der Waals surface area (Å²) in [7, 11) is 0. The fraction of sp³-hybridized carbons (Fsp3) is 0.267. The fourth-order valence-corrected chi connectivity index (χ4v) is 1.97. The van der Waals surface area contributed by atoms with Crippen molar-refractivity contribution >= 4 is 17.3 Å². The minimum atomic E-state index is 0.325. The fourth-order valence-electron chi connectivity index (χ4n) is 1.76. The molecule has 0 aliphatic carbocycles. The molecule has 0 saturated carbocycles. The van der Waals surface area contributed by atoms with E-state index >= 15 is 0 Å². The molecule has 0 radical (unpaired) electrons. The highest BCUT2D eigenvalue weighted by Crippen LogP contribution is 2.26. The predicted molar refractivity (Wildman–Crippen MR) is 78.9 cm³/mol. The number of nitrogen functional groups attached to an aromatic ring is 1. The summed E-state index contributed by atoms with van der Waals surface area (Å²) in [5.74, 6) is 1.68. The van der Waals surface area contributed by atoms with Gasteiger partial charge >= 0.3 is 0 Å². The van der Waals surface area contributed by atoms with E-state index in [1.54, 1.807) is 12.1 Å². The Bertz CT molecular complexity index is 534. The van der Waals surface area contributed by atoms with E-state index in [-0.39, 0.29) is 0 Å². The second-order valence-electron chi connectivity index (χ2n) is 4.54. The molecule has 2 rings (SSSR count). The Morgan fingerprint density at radius 3 is 2.53 bits per heavy atom. The summed E-state index contributed by atoms with van der Waals surface area (Å²) in [4.78, 5) is 4.07. The van der Waals surface area contributed by atoms with Crippen LogP contribution in [0.2, 0.25) is 5.15 Å². The zero-order chi connectivity index (χ0) is 13.8. The predicted octanol–water partition coefficient (Wildman–Crippen LogP) is 4.62. The molecule has 0 bridgehead atoms. The molecule has 1 aromatic carbocycles. The minimum absolute atomic E-state index is 0.325. The molecule has 0 aliphatic rings. The third-order valence-corrected chi connectivity index (χ3v) is 3.27. The van der Waals surface area contributed by atoms with Crippen LogP contribution in [0, 0.1) is 0 Å². The van der Waals surface area contributed by atoms with Crippen LogP contribution in [0.25, 0.3) is 0 Å². The van der Waals surface area contributed by atoms with Crippen LogP contribution in [-0.2, 0) is 0 Å². The van der Waals surface area contributed by atoms with Gasteiger partial charge in [-0.15, -0.1) is 0 Å².